The van der Waals surface area contributed by atoms with Crippen LogP contribution < -0.4 is 10.4 Å². The van der Waals surface area contributed by atoms with Crippen molar-refractivity contribution < 1.29 is 13.9 Å². The molecule has 0 aliphatic rings. The number of carbonyl (C=O) groups is 1. The van der Waals surface area contributed by atoms with E-state index in [2.05, 4.69) is 0 Å². The van der Waals surface area contributed by atoms with Crippen LogP contribution in [0.15, 0.2) is 33.5 Å². The third-order valence-electron chi connectivity index (χ3n) is 2.09. The lowest BCUT2D eigenvalue weighted by atomic mass is 10.2. The van der Waals surface area contributed by atoms with Gasteiger partial charge in [-0.05, 0) is 24.3 Å². The van der Waals surface area contributed by atoms with Crippen molar-refractivity contribution in [3.05, 3.63) is 40.2 Å². The number of hydrogen-bond acceptors (Lipinski definition) is 4. The fourth-order valence-electron chi connectivity index (χ4n) is 1.33. The molecule has 4 heteroatoms. The summed E-state index contributed by atoms with van der Waals surface area (Å²) in [6, 6.07) is 6.50. The minimum Gasteiger partial charge on any atom is -0.497 e. The summed E-state index contributed by atoms with van der Waals surface area (Å²) in [5, 5.41) is 0.663. The van der Waals surface area contributed by atoms with Crippen molar-refractivity contribution in [3.8, 4) is 5.75 Å². The Morgan fingerprint density at radius 3 is 2.80 bits per heavy atom. The lowest BCUT2D eigenvalue weighted by Gasteiger charge is -2.01. The minimum absolute atomic E-state index is 0.00996. The second kappa shape index (κ2) is 3.57. The van der Waals surface area contributed by atoms with Gasteiger partial charge in [-0.2, -0.15) is 0 Å². The highest BCUT2D eigenvalue weighted by atomic mass is 16.5. The molecule has 0 aliphatic heterocycles. The summed E-state index contributed by atoms with van der Waals surface area (Å²) >= 11 is 0. The molecule has 4 nitrogen and oxygen atoms in total. The van der Waals surface area contributed by atoms with Gasteiger partial charge in [0.15, 0.2) is 6.29 Å². The number of benzene rings is 1. The van der Waals surface area contributed by atoms with E-state index in [1.54, 1.807) is 25.3 Å². The highest BCUT2D eigenvalue weighted by Gasteiger charge is 2.04. The summed E-state index contributed by atoms with van der Waals surface area (Å²) < 4.78 is 9.96. The molecule has 76 valence electrons. The molecular weight excluding hydrogens is 196 g/mol. The largest absolute Gasteiger partial charge is 0.497 e. The topological polar surface area (TPSA) is 56.5 Å². The maximum absolute atomic E-state index is 11.2. The van der Waals surface area contributed by atoms with E-state index in [4.69, 9.17) is 9.15 Å². The number of methoxy groups -OCH3 is 1. The third kappa shape index (κ3) is 1.61. The van der Waals surface area contributed by atoms with Crippen LogP contribution in [0.4, 0.5) is 0 Å². The summed E-state index contributed by atoms with van der Waals surface area (Å²) in [6.45, 7) is 0. The van der Waals surface area contributed by atoms with E-state index >= 15 is 0 Å². The van der Waals surface area contributed by atoms with E-state index in [0.29, 0.717) is 23.0 Å². The molecule has 0 amide bonds. The first-order chi connectivity index (χ1) is 7.24. The first kappa shape index (κ1) is 9.45. The molecular formula is C11H8O4. The van der Waals surface area contributed by atoms with Crippen molar-refractivity contribution in [1.82, 2.24) is 0 Å². The highest BCUT2D eigenvalue weighted by Crippen LogP contribution is 2.19. The summed E-state index contributed by atoms with van der Waals surface area (Å²) in [5.74, 6) is 0.646. The van der Waals surface area contributed by atoms with Crippen molar-refractivity contribution in [2.45, 2.75) is 0 Å². The van der Waals surface area contributed by atoms with Crippen LogP contribution in [0, 0.1) is 0 Å². The Morgan fingerprint density at radius 2 is 2.13 bits per heavy atom. The molecule has 1 heterocycles. The Kier molecular flexibility index (Phi) is 2.25. The van der Waals surface area contributed by atoms with Gasteiger partial charge in [0.25, 0.3) is 0 Å². The lowest BCUT2D eigenvalue weighted by Crippen LogP contribution is -2.05. The molecule has 0 saturated heterocycles. The van der Waals surface area contributed by atoms with E-state index < -0.39 is 5.63 Å². The first-order valence-corrected chi connectivity index (χ1v) is 4.31. The zero-order valence-electron chi connectivity index (χ0n) is 8.02. The smallest absolute Gasteiger partial charge is 0.346 e. The Hall–Kier alpha value is -2.10. The zero-order chi connectivity index (χ0) is 10.8. The van der Waals surface area contributed by atoms with E-state index in [1.165, 1.54) is 6.07 Å². The van der Waals surface area contributed by atoms with Crippen LogP contribution in [-0.2, 0) is 0 Å². The van der Waals surface area contributed by atoms with Crippen LogP contribution in [0.2, 0.25) is 0 Å². The molecule has 2 aromatic rings. The molecule has 0 atom stereocenters. The normalized spacial score (nSPS) is 10.2. The highest BCUT2D eigenvalue weighted by molar-refractivity contribution is 5.85. The average Bonchev–Trinajstić information content (AvgIpc) is 2.27. The second-order valence-corrected chi connectivity index (χ2v) is 3.01. The predicted octanol–water partition coefficient (Wildman–Crippen LogP) is 1.61. The van der Waals surface area contributed by atoms with Gasteiger partial charge in [-0.25, -0.2) is 4.79 Å². The van der Waals surface area contributed by atoms with Crippen LogP contribution in [-0.4, -0.2) is 13.4 Å². The molecule has 0 bridgehead atoms. The van der Waals surface area contributed by atoms with E-state index in [-0.39, 0.29) is 5.56 Å². The van der Waals surface area contributed by atoms with Gasteiger partial charge in [0.1, 0.15) is 16.9 Å². The molecule has 0 unspecified atom stereocenters. The Morgan fingerprint density at radius 1 is 1.33 bits per heavy atom. The molecule has 0 aliphatic carbocycles. The van der Waals surface area contributed by atoms with Crippen LogP contribution in [0.5, 0.6) is 5.75 Å². The fourth-order valence-corrected chi connectivity index (χ4v) is 1.33. The predicted molar refractivity (Wildman–Crippen MR) is 54.4 cm³/mol. The van der Waals surface area contributed by atoms with E-state index in [1.807, 2.05) is 0 Å². The standard InChI is InChI=1S/C11H8O4/c1-14-9-2-3-10-7(5-9)4-8(6-12)11(13)15-10/h2-6H,1H3. The third-order valence-corrected chi connectivity index (χ3v) is 2.09. The van der Waals surface area contributed by atoms with Gasteiger partial charge in [-0.15, -0.1) is 0 Å². The molecule has 0 spiro atoms. The number of rotatable bonds is 2. The van der Waals surface area contributed by atoms with Gasteiger partial charge >= 0.3 is 5.63 Å². The minimum atomic E-state index is -0.623. The van der Waals surface area contributed by atoms with Crippen LogP contribution in [0.1, 0.15) is 10.4 Å². The first-order valence-electron chi connectivity index (χ1n) is 4.31. The van der Waals surface area contributed by atoms with E-state index in [9.17, 15) is 9.59 Å². The molecule has 1 aromatic heterocycles. The molecule has 1 aromatic carbocycles. The van der Waals surface area contributed by atoms with Crippen molar-refractivity contribution in [2.75, 3.05) is 7.11 Å². The SMILES string of the molecule is COc1ccc2oc(=O)c(C=O)cc2c1. The monoisotopic (exact) mass is 204 g/mol. The second-order valence-electron chi connectivity index (χ2n) is 3.01. The van der Waals surface area contributed by atoms with E-state index in [0.717, 1.165) is 0 Å². The summed E-state index contributed by atoms with van der Waals surface area (Å²) in [4.78, 5) is 21.7. The maximum atomic E-state index is 11.2. The van der Waals surface area contributed by atoms with Crippen molar-refractivity contribution in [1.29, 1.82) is 0 Å². The lowest BCUT2D eigenvalue weighted by molar-refractivity contribution is 0.112. The Labute approximate surface area is 85.1 Å². The Balaban J connectivity index is 2.76. The van der Waals surface area contributed by atoms with Crippen LogP contribution in [0.3, 0.4) is 0 Å². The van der Waals surface area contributed by atoms with Crippen LogP contribution >= 0.6 is 0 Å². The van der Waals surface area contributed by atoms with Gasteiger partial charge in [-0.1, -0.05) is 0 Å². The zero-order valence-corrected chi connectivity index (χ0v) is 8.02. The Bertz CT molecular complexity index is 568. The molecule has 0 radical (unpaired) electrons. The van der Waals surface area contributed by atoms with Crippen LogP contribution in [0.25, 0.3) is 11.0 Å². The van der Waals surface area contributed by atoms with Crippen molar-refractivity contribution in [3.63, 3.8) is 0 Å². The molecule has 0 N–H and O–H groups in total. The summed E-state index contributed by atoms with van der Waals surface area (Å²) in [7, 11) is 1.54. The molecule has 0 fully saturated rings. The van der Waals surface area contributed by atoms with Crippen molar-refractivity contribution >= 4 is 17.3 Å². The van der Waals surface area contributed by atoms with Crippen molar-refractivity contribution in [2.24, 2.45) is 0 Å². The number of aldehydes is 1. The van der Waals surface area contributed by atoms with Gasteiger partial charge in [-0.3, -0.25) is 4.79 Å². The van der Waals surface area contributed by atoms with Gasteiger partial charge in [0.05, 0.1) is 7.11 Å². The number of fused-ring (bicyclic) bond motifs is 1. The number of carbonyl (C=O) groups excluding carboxylic acids is 1. The maximum Gasteiger partial charge on any atom is 0.346 e. The molecule has 15 heavy (non-hydrogen) atoms. The molecule has 2 rings (SSSR count). The summed E-state index contributed by atoms with van der Waals surface area (Å²) in [6.07, 6.45) is 0.477. The summed E-state index contributed by atoms with van der Waals surface area (Å²) in [5.41, 5.74) is -0.176. The number of ether oxygens (including phenoxy) is 1. The fraction of sp³-hybridized carbons (Fsp3) is 0.0909. The average molecular weight is 204 g/mol. The van der Waals surface area contributed by atoms with Gasteiger partial charge < -0.3 is 9.15 Å². The van der Waals surface area contributed by atoms with Gasteiger partial charge in [0, 0.05) is 5.39 Å². The van der Waals surface area contributed by atoms with Gasteiger partial charge in [0.2, 0.25) is 0 Å². The quantitative estimate of drug-likeness (QED) is 0.551. The molecule has 0 saturated carbocycles. The number of hydrogen-bond donors (Lipinski definition) is 0.